The van der Waals surface area contributed by atoms with Crippen LogP contribution in [0.5, 0.6) is 0 Å². The summed E-state index contributed by atoms with van der Waals surface area (Å²) in [4.78, 5) is 24.1. The Morgan fingerprint density at radius 3 is 2.57 bits per heavy atom. The van der Waals surface area contributed by atoms with E-state index in [-0.39, 0.29) is 31.1 Å². The first-order chi connectivity index (χ1) is 17.5. The van der Waals surface area contributed by atoms with E-state index in [2.05, 4.69) is 20.6 Å². The molecule has 37 heavy (non-hydrogen) atoms. The number of carbonyl (C=O) groups excluding carboxylic acids is 1. The van der Waals surface area contributed by atoms with E-state index < -0.39 is 18.2 Å². The molecule has 2 aromatic heterocycles. The molecule has 1 aliphatic heterocycles. The number of alkyl halides is 3. The minimum absolute atomic E-state index is 0.173. The molecule has 9 nitrogen and oxygen atoms in total. The maximum absolute atomic E-state index is 12.8. The minimum Gasteiger partial charge on any atom is -0.389 e. The smallest absolute Gasteiger partial charge is 0.389 e. The molecule has 0 radical (unpaired) electrons. The standard InChI is InChI=1S/C23H26F3N5O4S2/c1-12(2)35-22(34)27-7-16-19(37-18(10-32)28-16)17-11-36-21(29-17)30-20(33)13-8-31(9-13)15-5-3-14(4-6-15)23(24,25)26/h3-6,11-13,22,27,32,34H,7-10H2,1-2H3,(H,29,30,33). The Bertz CT molecular complexity index is 1210. The topological polar surface area (TPSA) is 120 Å². The molecule has 1 fully saturated rings. The zero-order valence-electron chi connectivity index (χ0n) is 20.0. The predicted octanol–water partition coefficient (Wildman–Crippen LogP) is 3.64. The van der Waals surface area contributed by atoms with Crippen LogP contribution in [-0.2, 0) is 28.9 Å². The van der Waals surface area contributed by atoms with Gasteiger partial charge in [-0.25, -0.2) is 9.97 Å². The van der Waals surface area contributed by atoms with Crippen LogP contribution in [0.1, 0.15) is 30.1 Å². The molecule has 0 aliphatic carbocycles. The van der Waals surface area contributed by atoms with Crippen molar-refractivity contribution in [3.8, 4) is 10.6 Å². The number of hydrogen-bond donors (Lipinski definition) is 4. The van der Waals surface area contributed by atoms with E-state index in [1.54, 1.807) is 19.2 Å². The van der Waals surface area contributed by atoms with E-state index in [1.165, 1.54) is 34.8 Å². The highest BCUT2D eigenvalue weighted by atomic mass is 32.1. The number of benzene rings is 1. The number of thiazole rings is 2. The van der Waals surface area contributed by atoms with E-state index in [0.29, 0.717) is 45.2 Å². The van der Waals surface area contributed by atoms with E-state index in [1.807, 2.05) is 4.90 Å². The fourth-order valence-corrected chi connectivity index (χ4v) is 5.32. The van der Waals surface area contributed by atoms with Gasteiger partial charge in [0.25, 0.3) is 0 Å². The molecule has 0 spiro atoms. The van der Waals surface area contributed by atoms with Crippen molar-refractivity contribution in [1.82, 2.24) is 15.3 Å². The highest BCUT2D eigenvalue weighted by Gasteiger charge is 2.34. The summed E-state index contributed by atoms with van der Waals surface area (Å²) in [5.41, 5.74) is 1.07. The van der Waals surface area contributed by atoms with Crippen LogP contribution in [0.2, 0.25) is 0 Å². The predicted molar refractivity (Wildman–Crippen MR) is 134 cm³/mol. The highest BCUT2D eigenvalue weighted by Crippen LogP contribution is 2.34. The van der Waals surface area contributed by atoms with Crippen LogP contribution in [0.3, 0.4) is 0 Å². The molecule has 1 aromatic carbocycles. The summed E-state index contributed by atoms with van der Waals surface area (Å²) in [5.74, 6) is -0.540. The van der Waals surface area contributed by atoms with E-state index in [4.69, 9.17) is 4.74 Å². The molecule has 4 rings (SSSR count). The SMILES string of the molecule is CC(C)OC(O)NCc1nc(CO)sc1-c1csc(NC(=O)C2CN(c3ccc(C(F)(F)F)cc3)C2)n1. The molecule has 3 aromatic rings. The third-order valence-electron chi connectivity index (χ3n) is 5.50. The third kappa shape index (κ3) is 6.83. The molecule has 1 saturated heterocycles. The summed E-state index contributed by atoms with van der Waals surface area (Å²) in [6.45, 7) is 4.31. The molecule has 14 heteroatoms. The van der Waals surface area contributed by atoms with Crippen LogP contribution in [-0.4, -0.2) is 51.7 Å². The number of carbonyl (C=O) groups is 1. The molecule has 4 N–H and O–H groups in total. The number of rotatable bonds is 10. The lowest BCUT2D eigenvalue weighted by molar-refractivity contribution is -0.145. The van der Waals surface area contributed by atoms with Crippen LogP contribution in [0, 0.1) is 5.92 Å². The Balaban J connectivity index is 1.34. The lowest BCUT2D eigenvalue weighted by Gasteiger charge is -2.40. The number of aromatic nitrogens is 2. The Morgan fingerprint density at radius 1 is 1.24 bits per heavy atom. The summed E-state index contributed by atoms with van der Waals surface area (Å²) in [6, 6.07) is 4.87. The number of nitrogens with zero attached hydrogens (tertiary/aromatic N) is 3. The average molecular weight is 558 g/mol. The Hall–Kier alpha value is -2.62. The van der Waals surface area contributed by atoms with Crippen molar-refractivity contribution in [2.75, 3.05) is 23.3 Å². The van der Waals surface area contributed by atoms with Gasteiger partial charge in [0, 0.05) is 30.7 Å². The van der Waals surface area contributed by atoms with E-state index >= 15 is 0 Å². The van der Waals surface area contributed by atoms with Crippen molar-refractivity contribution in [2.24, 2.45) is 5.92 Å². The summed E-state index contributed by atoms with van der Waals surface area (Å²) < 4.78 is 43.5. The quantitative estimate of drug-likeness (QED) is 0.279. The first kappa shape index (κ1) is 27.4. The normalized spacial score (nSPS) is 15.2. The molecule has 1 unspecified atom stereocenters. The fraction of sp³-hybridized carbons (Fsp3) is 0.435. The van der Waals surface area contributed by atoms with Gasteiger partial charge in [-0.3, -0.25) is 10.1 Å². The number of hydrogen-bond acceptors (Lipinski definition) is 10. The van der Waals surface area contributed by atoms with E-state index in [0.717, 1.165) is 12.1 Å². The van der Waals surface area contributed by atoms with Gasteiger partial charge in [-0.1, -0.05) is 0 Å². The molecular formula is C23H26F3N5O4S2. The number of halogens is 3. The van der Waals surface area contributed by atoms with Gasteiger partial charge in [-0.05, 0) is 38.1 Å². The monoisotopic (exact) mass is 557 g/mol. The second-order valence-corrected chi connectivity index (χ2v) is 10.6. The molecule has 3 heterocycles. The number of anilines is 2. The lowest BCUT2D eigenvalue weighted by Crippen LogP contribution is -2.52. The van der Waals surface area contributed by atoms with Crippen LogP contribution in [0.25, 0.3) is 10.6 Å². The number of ether oxygens (including phenoxy) is 1. The number of aliphatic hydroxyl groups is 2. The second kappa shape index (κ2) is 11.4. The van der Waals surface area contributed by atoms with Crippen molar-refractivity contribution in [3.05, 3.63) is 45.9 Å². The van der Waals surface area contributed by atoms with Gasteiger partial charge in [0.05, 0.1) is 40.5 Å². The second-order valence-electron chi connectivity index (χ2n) is 8.63. The molecular weight excluding hydrogens is 531 g/mol. The largest absolute Gasteiger partial charge is 0.416 e. The van der Waals surface area contributed by atoms with Crippen LogP contribution >= 0.6 is 22.7 Å². The first-order valence-corrected chi connectivity index (χ1v) is 13.1. The molecule has 1 atom stereocenters. The first-order valence-electron chi connectivity index (χ1n) is 11.4. The average Bonchev–Trinajstić information content (AvgIpc) is 3.42. The van der Waals surface area contributed by atoms with Crippen molar-refractivity contribution in [2.45, 2.75) is 45.7 Å². The molecule has 1 aliphatic rings. The summed E-state index contributed by atoms with van der Waals surface area (Å²) in [6.07, 6.45) is -5.74. The Kier molecular flexibility index (Phi) is 8.46. The third-order valence-corrected chi connectivity index (χ3v) is 7.36. The van der Waals surface area contributed by atoms with Gasteiger partial charge in [0.15, 0.2) is 5.13 Å². The summed E-state index contributed by atoms with van der Waals surface area (Å²) >= 11 is 2.51. The van der Waals surface area contributed by atoms with Crippen molar-refractivity contribution in [1.29, 1.82) is 0 Å². The summed E-state index contributed by atoms with van der Waals surface area (Å²) in [5, 5.41) is 27.7. The van der Waals surface area contributed by atoms with Crippen LogP contribution in [0.4, 0.5) is 24.0 Å². The van der Waals surface area contributed by atoms with Crippen molar-refractivity contribution >= 4 is 39.4 Å². The number of nitrogens with one attached hydrogen (secondary N) is 2. The lowest BCUT2D eigenvalue weighted by atomic mass is 9.98. The Morgan fingerprint density at radius 2 is 1.95 bits per heavy atom. The molecule has 0 saturated carbocycles. The zero-order chi connectivity index (χ0) is 26.7. The van der Waals surface area contributed by atoms with Gasteiger partial charge >= 0.3 is 6.18 Å². The van der Waals surface area contributed by atoms with Gasteiger partial charge in [0.1, 0.15) is 5.01 Å². The molecule has 200 valence electrons. The minimum atomic E-state index is -4.39. The van der Waals surface area contributed by atoms with E-state index in [9.17, 15) is 28.2 Å². The van der Waals surface area contributed by atoms with Crippen LogP contribution < -0.4 is 15.5 Å². The van der Waals surface area contributed by atoms with Crippen molar-refractivity contribution in [3.63, 3.8) is 0 Å². The maximum Gasteiger partial charge on any atom is 0.416 e. The summed E-state index contributed by atoms with van der Waals surface area (Å²) in [7, 11) is 0. The van der Waals surface area contributed by atoms with Gasteiger partial charge in [-0.2, -0.15) is 13.2 Å². The number of amides is 1. The number of aliphatic hydroxyl groups excluding tert-OH is 2. The highest BCUT2D eigenvalue weighted by molar-refractivity contribution is 7.17. The zero-order valence-corrected chi connectivity index (χ0v) is 21.6. The van der Waals surface area contributed by atoms with Gasteiger partial charge < -0.3 is 25.2 Å². The molecule has 0 bridgehead atoms. The van der Waals surface area contributed by atoms with Gasteiger partial charge in [-0.15, -0.1) is 22.7 Å². The van der Waals surface area contributed by atoms with Crippen molar-refractivity contribution < 1.29 is 32.9 Å². The maximum atomic E-state index is 12.8. The molecule has 1 amide bonds. The fourth-order valence-electron chi connectivity index (χ4n) is 3.64. The Labute approximate surface area is 218 Å². The van der Waals surface area contributed by atoms with Crippen LogP contribution in [0.15, 0.2) is 29.6 Å². The van der Waals surface area contributed by atoms with Gasteiger partial charge in [0.2, 0.25) is 12.3 Å².